The summed E-state index contributed by atoms with van der Waals surface area (Å²) in [6, 6.07) is 9.64. The smallest absolute Gasteiger partial charge is 0.117 e. The Morgan fingerprint density at radius 3 is 2.05 bits per heavy atom. The average molecular weight is 325 g/mol. The van der Waals surface area contributed by atoms with E-state index in [2.05, 4.69) is 9.80 Å². The van der Waals surface area contributed by atoms with E-state index in [4.69, 9.17) is 27.6 Å². The van der Waals surface area contributed by atoms with Crippen LogP contribution in [0, 0.1) is 0 Å². The third kappa shape index (κ3) is 3.80. The molecule has 0 bridgehead atoms. The third-order valence-corrected chi connectivity index (χ3v) is 4.58. The molecule has 0 atom stereocenters. The van der Waals surface area contributed by atoms with Gasteiger partial charge in [0.15, 0.2) is 0 Å². The van der Waals surface area contributed by atoms with Crippen molar-refractivity contribution in [3.05, 3.63) is 58.0 Å². The van der Waals surface area contributed by atoms with Gasteiger partial charge in [0.25, 0.3) is 0 Å². The summed E-state index contributed by atoms with van der Waals surface area (Å²) < 4.78 is 5.40. The minimum absolute atomic E-state index is 0.750. The Morgan fingerprint density at radius 1 is 0.857 bits per heavy atom. The van der Waals surface area contributed by atoms with Crippen LogP contribution in [-0.2, 0) is 13.1 Å². The normalized spacial score (nSPS) is 17.2. The van der Waals surface area contributed by atoms with Gasteiger partial charge in [-0.1, -0.05) is 29.3 Å². The van der Waals surface area contributed by atoms with Gasteiger partial charge in [0.1, 0.15) is 5.76 Å². The number of benzene rings is 1. The van der Waals surface area contributed by atoms with Crippen LogP contribution >= 0.6 is 23.2 Å². The molecule has 1 aliphatic heterocycles. The summed E-state index contributed by atoms with van der Waals surface area (Å²) in [6.07, 6.45) is 1.73. The van der Waals surface area contributed by atoms with E-state index in [1.807, 2.05) is 30.3 Å². The van der Waals surface area contributed by atoms with Gasteiger partial charge in [-0.25, -0.2) is 0 Å². The lowest BCUT2D eigenvalue weighted by atomic mass is 10.2. The summed E-state index contributed by atoms with van der Waals surface area (Å²) in [4.78, 5) is 4.80. The first-order valence-electron chi connectivity index (χ1n) is 7.12. The van der Waals surface area contributed by atoms with Crippen molar-refractivity contribution >= 4 is 23.2 Å². The molecule has 3 rings (SSSR count). The molecule has 0 spiro atoms. The zero-order valence-corrected chi connectivity index (χ0v) is 13.3. The van der Waals surface area contributed by atoms with Gasteiger partial charge in [-0.2, -0.15) is 0 Å². The molecule has 3 nitrogen and oxygen atoms in total. The van der Waals surface area contributed by atoms with Gasteiger partial charge in [0.05, 0.1) is 12.8 Å². The molecular formula is C16H18Cl2N2O. The summed E-state index contributed by atoms with van der Waals surface area (Å²) in [7, 11) is 0. The first kappa shape index (κ1) is 14.9. The maximum absolute atomic E-state index is 6.24. The molecular weight excluding hydrogens is 307 g/mol. The van der Waals surface area contributed by atoms with Crippen molar-refractivity contribution in [3.8, 4) is 0 Å². The van der Waals surface area contributed by atoms with Crippen molar-refractivity contribution in [2.45, 2.75) is 13.1 Å². The summed E-state index contributed by atoms with van der Waals surface area (Å²) in [5.41, 5.74) is 1.03. The van der Waals surface area contributed by atoms with E-state index in [0.29, 0.717) is 0 Å². The largest absolute Gasteiger partial charge is 0.468 e. The van der Waals surface area contributed by atoms with Crippen LogP contribution in [0.25, 0.3) is 0 Å². The number of piperazine rings is 1. The molecule has 0 amide bonds. The minimum Gasteiger partial charge on any atom is -0.468 e. The molecule has 1 aliphatic rings. The zero-order valence-electron chi connectivity index (χ0n) is 11.8. The molecule has 5 heteroatoms. The Bertz CT molecular complexity index is 558. The van der Waals surface area contributed by atoms with Crippen molar-refractivity contribution in [1.29, 1.82) is 0 Å². The van der Waals surface area contributed by atoms with Crippen molar-refractivity contribution < 1.29 is 4.42 Å². The van der Waals surface area contributed by atoms with Gasteiger partial charge in [0.2, 0.25) is 0 Å². The fourth-order valence-corrected chi connectivity index (χ4v) is 3.15. The molecule has 1 saturated heterocycles. The highest BCUT2D eigenvalue weighted by molar-refractivity contribution is 6.35. The standard InChI is InChI=1S/C16H18Cl2N2O/c17-15-4-1-5-16(18)14(15)12-20-8-6-19(7-9-20)11-13-3-2-10-21-13/h1-5,10H,6-9,11-12H2. The van der Waals surface area contributed by atoms with Crippen molar-refractivity contribution in [2.24, 2.45) is 0 Å². The molecule has 21 heavy (non-hydrogen) atoms. The number of hydrogen-bond acceptors (Lipinski definition) is 3. The van der Waals surface area contributed by atoms with Crippen molar-refractivity contribution in [3.63, 3.8) is 0 Å². The molecule has 0 saturated carbocycles. The number of nitrogens with zero attached hydrogens (tertiary/aromatic N) is 2. The van der Waals surface area contributed by atoms with Crippen molar-refractivity contribution in [2.75, 3.05) is 26.2 Å². The molecule has 0 N–H and O–H groups in total. The van der Waals surface area contributed by atoms with Crippen LogP contribution in [0.3, 0.4) is 0 Å². The summed E-state index contributed by atoms with van der Waals surface area (Å²) in [5.74, 6) is 1.03. The molecule has 0 aliphatic carbocycles. The lowest BCUT2D eigenvalue weighted by Gasteiger charge is -2.34. The van der Waals surface area contributed by atoms with E-state index >= 15 is 0 Å². The van der Waals surface area contributed by atoms with Gasteiger partial charge in [-0.15, -0.1) is 0 Å². The number of rotatable bonds is 4. The van der Waals surface area contributed by atoms with E-state index in [9.17, 15) is 0 Å². The van der Waals surface area contributed by atoms with Crippen LogP contribution in [0.15, 0.2) is 41.0 Å². The Labute approximate surface area is 135 Å². The Balaban J connectivity index is 1.54. The van der Waals surface area contributed by atoms with E-state index in [1.54, 1.807) is 6.26 Å². The van der Waals surface area contributed by atoms with Gasteiger partial charge in [0, 0.05) is 48.3 Å². The third-order valence-electron chi connectivity index (χ3n) is 3.87. The summed E-state index contributed by atoms with van der Waals surface area (Å²) in [5, 5.41) is 1.50. The zero-order chi connectivity index (χ0) is 14.7. The summed E-state index contributed by atoms with van der Waals surface area (Å²) >= 11 is 12.5. The summed E-state index contributed by atoms with van der Waals surface area (Å²) in [6.45, 7) is 5.79. The highest BCUT2D eigenvalue weighted by Gasteiger charge is 2.19. The van der Waals surface area contributed by atoms with Crippen LogP contribution in [0.1, 0.15) is 11.3 Å². The van der Waals surface area contributed by atoms with Crippen LogP contribution in [-0.4, -0.2) is 36.0 Å². The predicted octanol–water partition coefficient (Wildman–Crippen LogP) is 3.90. The fraction of sp³-hybridized carbons (Fsp3) is 0.375. The lowest BCUT2D eigenvalue weighted by Crippen LogP contribution is -2.45. The number of furan rings is 1. The number of halogens is 2. The SMILES string of the molecule is Clc1cccc(Cl)c1CN1CCN(Cc2ccco2)CC1. The quantitative estimate of drug-likeness (QED) is 0.850. The Kier molecular flexibility index (Phi) is 4.86. The molecule has 1 aromatic carbocycles. The van der Waals surface area contributed by atoms with E-state index in [0.717, 1.165) is 60.6 Å². The van der Waals surface area contributed by atoms with Gasteiger partial charge >= 0.3 is 0 Å². The Hall–Kier alpha value is -1.00. The highest BCUT2D eigenvalue weighted by Crippen LogP contribution is 2.26. The van der Waals surface area contributed by atoms with E-state index in [1.165, 1.54) is 0 Å². The van der Waals surface area contributed by atoms with Gasteiger partial charge in [-0.3, -0.25) is 9.80 Å². The minimum atomic E-state index is 0.750. The first-order valence-corrected chi connectivity index (χ1v) is 7.88. The Morgan fingerprint density at radius 2 is 1.48 bits per heavy atom. The predicted molar refractivity (Wildman–Crippen MR) is 85.7 cm³/mol. The fourth-order valence-electron chi connectivity index (χ4n) is 2.64. The first-order chi connectivity index (χ1) is 10.2. The van der Waals surface area contributed by atoms with Crippen LogP contribution in [0.2, 0.25) is 10.0 Å². The molecule has 2 aromatic rings. The van der Waals surface area contributed by atoms with Crippen LogP contribution in [0.5, 0.6) is 0 Å². The second-order valence-corrected chi connectivity index (χ2v) is 6.15. The molecule has 1 aromatic heterocycles. The van der Waals surface area contributed by atoms with E-state index in [-0.39, 0.29) is 0 Å². The van der Waals surface area contributed by atoms with Crippen molar-refractivity contribution in [1.82, 2.24) is 9.80 Å². The molecule has 1 fully saturated rings. The molecule has 112 valence electrons. The molecule has 0 unspecified atom stereocenters. The average Bonchev–Trinajstić information content (AvgIpc) is 2.98. The lowest BCUT2D eigenvalue weighted by molar-refractivity contribution is 0.116. The highest BCUT2D eigenvalue weighted by atomic mass is 35.5. The molecule has 2 heterocycles. The monoisotopic (exact) mass is 324 g/mol. The maximum Gasteiger partial charge on any atom is 0.117 e. The van der Waals surface area contributed by atoms with Crippen LogP contribution < -0.4 is 0 Å². The van der Waals surface area contributed by atoms with E-state index < -0.39 is 0 Å². The second kappa shape index (κ2) is 6.84. The van der Waals surface area contributed by atoms with Crippen LogP contribution in [0.4, 0.5) is 0 Å². The maximum atomic E-state index is 6.24. The number of hydrogen-bond donors (Lipinski definition) is 0. The second-order valence-electron chi connectivity index (χ2n) is 5.33. The molecule has 0 radical (unpaired) electrons. The van der Waals surface area contributed by atoms with Gasteiger partial charge in [-0.05, 0) is 24.3 Å². The topological polar surface area (TPSA) is 19.6 Å². The van der Waals surface area contributed by atoms with Gasteiger partial charge < -0.3 is 4.42 Å².